The van der Waals surface area contributed by atoms with Crippen LogP contribution in [0.1, 0.15) is 39.2 Å². The van der Waals surface area contributed by atoms with Crippen molar-refractivity contribution in [3.8, 4) is 0 Å². The SMILES string of the molecule is CCNC(Cc1cccc(F)c1Cl)C(CC)CC. The quantitative estimate of drug-likeness (QED) is 0.773. The van der Waals surface area contributed by atoms with Gasteiger partial charge in [0.1, 0.15) is 5.82 Å². The summed E-state index contributed by atoms with van der Waals surface area (Å²) in [6.07, 6.45) is 3.04. The van der Waals surface area contributed by atoms with Gasteiger partial charge in [0.05, 0.1) is 5.02 Å². The maximum Gasteiger partial charge on any atom is 0.142 e. The zero-order chi connectivity index (χ0) is 13.5. The van der Waals surface area contributed by atoms with Crippen LogP contribution >= 0.6 is 11.6 Å². The average molecular weight is 272 g/mol. The summed E-state index contributed by atoms with van der Waals surface area (Å²) in [5.41, 5.74) is 0.898. The van der Waals surface area contributed by atoms with Crippen molar-refractivity contribution < 1.29 is 4.39 Å². The van der Waals surface area contributed by atoms with E-state index in [1.54, 1.807) is 6.07 Å². The van der Waals surface area contributed by atoms with Crippen LogP contribution < -0.4 is 5.32 Å². The fourth-order valence-electron chi connectivity index (χ4n) is 2.47. The number of rotatable bonds is 7. The third kappa shape index (κ3) is 3.96. The van der Waals surface area contributed by atoms with Gasteiger partial charge < -0.3 is 5.32 Å². The van der Waals surface area contributed by atoms with Crippen molar-refractivity contribution in [2.24, 2.45) is 5.92 Å². The number of hydrogen-bond acceptors (Lipinski definition) is 1. The lowest BCUT2D eigenvalue weighted by Crippen LogP contribution is -2.37. The predicted octanol–water partition coefficient (Wildman–Crippen LogP) is 4.44. The van der Waals surface area contributed by atoms with E-state index in [2.05, 4.69) is 26.1 Å². The lowest BCUT2D eigenvalue weighted by molar-refractivity contribution is 0.336. The van der Waals surface area contributed by atoms with E-state index < -0.39 is 0 Å². The number of halogens is 2. The van der Waals surface area contributed by atoms with E-state index in [0.29, 0.717) is 12.0 Å². The van der Waals surface area contributed by atoms with Crippen LogP contribution in [0, 0.1) is 11.7 Å². The van der Waals surface area contributed by atoms with Gasteiger partial charge in [0.15, 0.2) is 0 Å². The molecule has 0 radical (unpaired) electrons. The summed E-state index contributed by atoms with van der Waals surface area (Å²) in [7, 11) is 0. The zero-order valence-corrected chi connectivity index (χ0v) is 12.2. The molecule has 0 bridgehead atoms. The van der Waals surface area contributed by atoms with Gasteiger partial charge in [-0.1, -0.05) is 57.3 Å². The van der Waals surface area contributed by atoms with Gasteiger partial charge in [0, 0.05) is 6.04 Å². The molecular formula is C15H23ClFN. The Bertz CT molecular complexity index is 364. The third-order valence-corrected chi connectivity index (χ3v) is 3.98. The Morgan fingerprint density at radius 1 is 1.22 bits per heavy atom. The molecule has 0 heterocycles. The van der Waals surface area contributed by atoms with E-state index in [1.165, 1.54) is 6.07 Å². The van der Waals surface area contributed by atoms with Crippen molar-refractivity contribution in [1.82, 2.24) is 5.32 Å². The van der Waals surface area contributed by atoms with Crippen molar-refractivity contribution in [1.29, 1.82) is 0 Å². The van der Waals surface area contributed by atoms with Crippen molar-refractivity contribution in [3.63, 3.8) is 0 Å². The molecule has 0 amide bonds. The molecule has 0 aliphatic carbocycles. The fraction of sp³-hybridized carbons (Fsp3) is 0.600. The predicted molar refractivity (Wildman–Crippen MR) is 76.7 cm³/mol. The summed E-state index contributed by atoms with van der Waals surface area (Å²) in [6, 6.07) is 5.42. The maximum absolute atomic E-state index is 13.4. The normalized spacial score (nSPS) is 13.0. The van der Waals surface area contributed by atoms with Gasteiger partial charge in [-0.3, -0.25) is 0 Å². The molecule has 1 N–H and O–H groups in total. The fourth-order valence-corrected chi connectivity index (χ4v) is 2.67. The van der Waals surface area contributed by atoms with Crippen molar-refractivity contribution in [2.45, 2.75) is 46.1 Å². The average Bonchev–Trinajstić information content (AvgIpc) is 2.36. The zero-order valence-electron chi connectivity index (χ0n) is 11.5. The Morgan fingerprint density at radius 2 is 1.89 bits per heavy atom. The van der Waals surface area contributed by atoms with Crippen LogP contribution in [-0.2, 0) is 6.42 Å². The number of benzene rings is 1. The second-order valence-electron chi connectivity index (χ2n) is 4.66. The molecule has 1 atom stereocenters. The molecule has 0 saturated heterocycles. The van der Waals surface area contributed by atoms with Crippen LogP contribution in [0.15, 0.2) is 18.2 Å². The Kier molecular flexibility index (Phi) is 6.66. The molecule has 1 aromatic carbocycles. The van der Waals surface area contributed by atoms with Gasteiger partial charge in [-0.2, -0.15) is 0 Å². The van der Waals surface area contributed by atoms with Gasteiger partial charge >= 0.3 is 0 Å². The van der Waals surface area contributed by atoms with Gasteiger partial charge in [-0.15, -0.1) is 0 Å². The molecule has 1 nitrogen and oxygen atoms in total. The Morgan fingerprint density at radius 3 is 2.44 bits per heavy atom. The van der Waals surface area contributed by atoms with Crippen LogP contribution in [0.2, 0.25) is 5.02 Å². The molecule has 102 valence electrons. The summed E-state index contributed by atoms with van der Waals surface area (Å²) in [4.78, 5) is 0. The standard InChI is InChI=1S/C15H23ClFN/c1-4-11(5-2)14(18-6-3)10-12-8-7-9-13(17)15(12)16/h7-9,11,14,18H,4-6,10H2,1-3H3. The minimum Gasteiger partial charge on any atom is -0.314 e. The molecule has 0 saturated carbocycles. The summed E-state index contributed by atoms with van der Waals surface area (Å²) < 4.78 is 13.4. The number of hydrogen-bond donors (Lipinski definition) is 1. The van der Waals surface area contributed by atoms with E-state index in [9.17, 15) is 4.39 Å². The largest absolute Gasteiger partial charge is 0.314 e. The molecule has 3 heteroatoms. The first kappa shape index (κ1) is 15.5. The van der Waals surface area contributed by atoms with E-state index in [1.807, 2.05) is 6.07 Å². The van der Waals surface area contributed by atoms with E-state index in [4.69, 9.17) is 11.6 Å². The monoisotopic (exact) mass is 271 g/mol. The first-order valence-corrected chi connectivity index (χ1v) is 7.18. The molecular weight excluding hydrogens is 249 g/mol. The lowest BCUT2D eigenvalue weighted by atomic mass is 9.89. The Labute approximate surface area is 115 Å². The van der Waals surface area contributed by atoms with E-state index >= 15 is 0 Å². The minimum absolute atomic E-state index is 0.270. The van der Waals surface area contributed by atoms with E-state index in [-0.39, 0.29) is 10.8 Å². The van der Waals surface area contributed by atoms with Crippen molar-refractivity contribution in [3.05, 3.63) is 34.6 Å². The molecule has 0 fully saturated rings. The highest BCUT2D eigenvalue weighted by Crippen LogP contribution is 2.24. The molecule has 1 unspecified atom stereocenters. The van der Waals surface area contributed by atoms with Gasteiger partial charge in [-0.05, 0) is 30.5 Å². The highest BCUT2D eigenvalue weighted by molar-refractivity contribution is 6.31. The van der Waals surface area contributed by atoms with Gasteiger partial charge in [-0.25, -0.2) is 4.39 Å². The minimum atomic E-state index is -0.325. The summed E-state index contributed by atoms with van der Waals surface area (Å²) in [5, 5.41) is 3.77. The van der Waals surface area contributed by atoms with Crippen LogP contribution in [0.25, 0.3) is 0 Å². The van der Waals surface area contributed by atoms with Crippen molar-refractivity contribution >= 4 is 11.6 Å². The molecule has 18 heavy (non-hydrogen) atoms. The Balaban J connectivity index is 2.85. The number of nitrogens with one attached hydrogen (secondary N) is 1. The smallest absolute Gasteiger partial charge is 0.142 e. The molecule has 0 aliphatic rings. The summed E-state index contributed by atoms with van der Waals surface area (Å²) in [5.74, 6) is 0.276. The molecule has 0 spiro atoms. The Hall–Kier alpha value is -0.600. The van der Waals surface area contributed by atoms with Gasteiger partial charge in [0.2, 0.25) is 0 Å². The molecule has 1 aromatic rings. The van der Waals surface area contributed by atoms with Gasteiger partial charge in [0.25, 0.3) is 0 Å². The maximum atomic E-state index is 13.4. The molecule has 0 aliphatic heterocycles. The van der Waals surface area contributed by atoms with Crippen LogP contribution in [0.3, 0.4) is 0 Å². The highest BCUT2D eigenvalue weighted by atomic mass is 35.5. The third-order valence-electron chi connectivity index (χ3n) is 3.56. The number of likely N-dealkylation sites (N-methyl/N-ethyl adjacent to an activating group) is 1. The lowest BCUT2D eigenvalue weighted by Gasteiger charge is -2.26. The first-order valence-electron chi connectivity index (χ1n) is 6.80. The van der Waals surface area contributed by atoms with Crippen LogP contribution in [0.4, 0.5) is 4.39 Å². The van der Waals surface area contributed by atoms with E-state index in [0.717, 1.165) is 31.4 Å². The van der Waals surface area contributed by atoms with Crippen LogP contribution in [-0.4, -0.2) is 12.6 Å². The van der Waals surface area contributed by atoms with Crippen molar-refractivity contribution in [2.75, 3.05) is 6.54 Å². The second kappa shape index (κ2) is 7.75. The first-order chi connectivity index (χ1) is 8.63. The molecule has 1 rings (SSSR count). The second-order valence-corrected chi connectivity index (χ2v) is 5.04. The summed E-state index contributed by atoms with van der Waals surface area (Å²) in [6.45, 7) is 7.42. The highest BCUT2D eigenvalue weighted by Gasteiger charge is 2.19. The topological polar surface area (TPSA) is 12.0 Å². The van der Waals surface area contributed by atoms with Crippen LogP contribution in [0.5, 0.6) is 0 Å². The summed E-state index contributed by atoms with van der Waals surface area (Å²) >= 11 is 6.03. The molecule has 0 aromatic heterocycles.